The van der Waals surface area contributed by atoms with E-state index in [1.54, 1.807) is 7.11 Å². The quantitative estimate of drug-likeness (QED) is 0.845. The van der Waals surface area contributed by atoms with E-state index in [4.69, 9.17) is 4.74 Å². The summed E-state index contributed by atoms with van der Waals surface area (Å²) in [5.41, 5.74) is 1.11. The number of carbonyl (C=O) groups excluding carboxylic acids is 1. The Hall–Kier alpha value is -1.55. The average molecular weight is 234 g/mol. The monoisotopic (exact) mass is 234 g/mol. The highest BCUT2D eigenvalue weighted by molar-refractivity contribution is 5.83. The van der Waals surface area contributed by atoms with Crippen LogP contribution in [0.1, 0.15) is 12.0 Å². The number of amides is 1. The Kier molecular flexibility index (Phi) is 3.64. The van der Waals surface area contributed by atoms with Gasteiger partial charge >= 0.3 is 0 Å². The molecule has 1 saturated heterocycles. The molecule has 0 aliphatic carbocycles. The van der Waals surface area contributed by atoms with Crippen LogP contribution < -0.4 is 10.1 Å². The van der Waals surface area contributed by atoms with Crippen LogP contribution in [0.5, 0.6) is 5.75 Å². The van der Waals surface area contributed by atoms with Gasteiger partial charge < -0.3 is 15.0 Å². The van der Waals surface area contributed by atoms with Crippen molar-refractivity contribution in [1.29, 1.82) is 0 Å². The zero-order valence-corrected chi connectivity index (χ0v) is 10.3. The second-order valence-corrected chi connectivity index (χ2v) is 4.24. The highest BCUT2D eigenvalue weighted by Gasteiger charge is 2.29. The smallest absolute Gasteiger partial charge is 0.240 e. The van der Waals surface area contributed by atoms with Crippen molar-refractivity contribution in [2.24, 2.45) is 0 Å². The van der Waals surface area contributed by atoms with Gasteiger partial charge in [-0.3, -0.25) is 4.79 Å². The second-order valence-electron chi connectivity index (χ2n) is 4.24. The topological polar surface area (TPSA) is 41.6 Å². The van der Waals surface area contributed by atoms with E-state index in [-0.39, 0.29) is 11.9 Å². The highest BCUT2D eigenvalue weighted by Crippen LogP contribution is 2.18. The van der Waals surface area contributed by atoms with Gasteiger partial charge in [-0.1, -0.05) is 12.1 Å². The summed E-state index contributed by atoms with van der Waals surface area (Å²) in [4.78, 5) is 13.8. The van der Waals surface area contributed by atoms with Gasteiger partial charge in [-0.05, 0) is 31.2 Å². The molecule has 1 unspecified atom stereocenters. The van der Waals surface area contributed by atoms with Gasteiger partial charge in [-0.15, -0.1) is 0 Å². The molecule has 0 saturated carbocycles. The van der Waals surface area contributed by atoms with Crippen molar-refractivity contribution in [2.75, 3.05) is 20.7 Å². The third-order valence-corrected chi connectivity index (χ3v) is 3.15. The number of nitrogens with one attached hydrogen (secondary N) is 1. The van der Waals surface area contributed by atoms with E-state index in [1.165, 1.54) is 0 Å². The van der Waals surface area contributed by atoms with Gasteiger partial charge in [0.25, 0.3) is 0 Å². The number of benzene rings is 1. The summed E-state index contributed by atoms with van der Waals surface area (Å²) in [7, 11) is 3.48. The van der Waals surface area contributed by atoms with Crippen molar-refractivity contribution in [3.63, 3.8) is 0 Å². The molecule has 4 heteroatoms. The van der Waals surface area contributed by atoms with Crippen molar-refractivity contribution < 1.29 is 9.53 Å². The van der Waals surface area contributed by atoms with Gasteiger partial charge in [0.2, 0.25) is 5.91 Å². The molecule has 1 aromatic carbocycles. The van der Waals surface area contributed by atoms with Gasteiger partial charge in [-0.25, -0.2) is 0 Å². The lowest BCUT2D eigenvalue weighted by Gasteiger charge is -2.17. The molecular weight excluding hydrogens is 216 g/mol. The lowest BCUT2D eigenvalue weighted by Crippen LogP contribution is -2.35. The van der Waals surface area contributed by atoms with Crippen LogP contribution in [-0.4, -0.2) is 37.6 Å². The third-order valence-electron chi connectivity index (χ3n) is 3.15. The molecule has 1 aliphatic heterocycles. The third kappa shape index (κ3) is 2.58. The summed E-state index contributed by atoms with van der Waals surface area (Å²) in [5, 5.41) is 3.04. The predicted octanol–water partition coefficient (Wildman–Crippen LogP) is 1.02. The Morgan fingerprint density at radius 3 is 3.00 bits per heavy atom. The first-order valence-corrected chi connectivity index (χ1v) is 5.83. The first kappa shape index (κ1) is 11.9. The Morgan fingerprint density at radius 2 is 2.35 bits per heavy atom. The van der Waals surface area contributed by atoms with Crippen molar-refractivity contribution in [3.8, 4) is 5.75 Å². The summed E-state index contributed by atoms with van der Waals surface area (Å²) in [6.45, 7) is 1.48. The maximum atomic E-state index is 11.9. The van der Waals surface area contributed by atoms with Crippen LogP contribution in [0.15, 0.2) is 24.3 Å². The van der Waals surface area contributed by atoms with E-state index in [0.717, 1.165) is 24.3 Å². The molecule has 92 valence electrons. The molecule has 0 bridgehead atoms. The molecule has 0 aromatic heterocycles. The largest absolute Gasteiger partial charge is 0.497 e. The van der Waals surface area contributed by atoms with E-state index < -0.39 is 0 Å². The Bertz CT molecular complexity index is 406. The molecule has 2 rings (SSSR count). The zero-order valence-electron chi connectivity index (χ0n) is 10.3. The molecule has 1 atom stereocenters. The number of likely N-dealkylation sites (tertiary alicyclic amines) is 1. The van der Waals surface area contributed by atoms with E-state index in [9.17, 15) is 4.79 Å². The highest BCUT2D eigenvalue weighted by atomic mass is 16.5. The van der Waals surface area contributed by atoms with Crippen molar-refractivity contribution in [2.45, 2.75) is 19.0 Å². The minimum absolute atomic E-state index is 0.0133. The minimum Gasteiger partial charge on any atom is -0.497 e. The molecule has 1 fully saturated rings. The summed E-state index contributed by atoms with van der Waals surface area (Å²) in [6, 6.07) is 7.83. The van der Waals surface area contributed by atoms with Crippen LogP contribution in [0.4, 0.5) is 0 Å². The molecule has 1 aliphatic rings. The molecular formula is C13H18N2O2. The van der Waals surface area contributed by atoms with Gasteiger partial charge in [0.05, 0.1) is 13.2 Å². The van der Waals surface area contributed by atoms with Crippen molar-refractivity contribution in [3.05, 3.63) is 29.8 Å². The summed E-state index contributed by atoms with van der Waals surface area (Å²) in [5.74, 6) is 1.02. The molecule has 1 amide bonds. The van der Waals surface area contributed by atoms with E-state index in [0.29, 0.717) is 6.54 Å². The lowest BCUT2D eigenvalue weighted by molar-refractivity contribution is -0.129. The van der Waals surface area contributed by atoms with E-state index >= 15 is 0 Å². The minimum atomic E-state index is -0.0133. The molecule has 0 radical (unpaired) electrons. The molecule has 0 spiro atoms. The zero-order chi connectivity index (χ0) is 12.3. The van der Waals surface area contributed by atoms with Gasteiger partial charge in [-0.2, -0.15) is 0 Å². The maximum absolute atomic E-state index is 11.9. The number of likely N-dealkylation sites (N-methyl/N-ethyl adjacent to an activating group) is 1. The van der Waals surface area contributed by atoms with Crippen LogP contribution >= 0.6 is 0 Å². The molecule has 4 nitrogen and oxygen atoms in total. The first-order valence-electron chi connectivity index (χ1n) is 5.83. The molecule has 1 N–H and O–H groups in total. The number of hydrogen-bond acceptors (Lipinski definition) is 3. The van der Waals surface area contributed by atoms with Gasteiger partial charge in [0.15, 0.2) is 0 Å². The van der Waals surface area contributed by atoms with Crippen LogP contribution in [0, 0.1) is 0 Å². The first-order chi connectivity index (χ1) is 8.24. The van der Waals surface area contributed by atoms with Crippen LogP contribution in [0.3, 0.4) is 0 Å². The number of ether oxygens (including phenoxy) is 1. The number of nitrogens with zero attached hydrogens (tertiary/aromatic N) is 1. The summed E-state index contributed by atoms with van der Waals surface area (Å²) in [6.07, 6.45) is 0.888. The fourth-order valence-electron chi connectivity index (χ4n) is 2.15. The lowest BCUT2D eigenvalue weighted by atomic mass is 10.2. The fourth-order valence-corrected chi connectivity index (χ4v) is 2.15. The molecule has 17 heavy (non-hydrogen) atoms. The Balaban J connectivity index is 2.03. The molecule has 1 heterocycles. The summed E-state index contributed by atoms with van der Waals surface area (Å²) >= 11 is 0. The van der Waals surface area contributed by atoms with E-state index in [1.807, 2.05) is 36.2 Å². The van der Waals surface area contributed by atoms with Gasteiger partial charge in [0, 0.05) is 13.1 Å². The number of carbonyl (C=O) groups is 1. The van der Waals surface area contributed by atoms with Crippen LogP contribution in [-0.2, 0) is 11.3 Å². The molecule has 1 aromatic rings. The number of hydrogen-bond donors (Lipinski definition) is 1. The van der Waals surface area contributed by atoms with Crippen molar-refractivity contribution >= 4 is 5.91 Å². The average Bonchev–Trinajstić information content (AvgIpc) is 2.71. The van der Waals surface area contributed by atoms with E-state index in [2.05, 4.69) is 5.32 Å². The van der Waals surface area contributed by atoms with Crippen LogP contribution in [0.25, 0.3) is 0 Å². The SMILES string of the molecule is CNC1CCN(Cc2cccc(OC)c2)C1=O. The Labute approximate surface area is 102 Å². The van der Waals surface area contributed by atoms with Crippen LogP contribution in [0.2, 0.25) is 0 Å². The Morgan fingerprint density at radius 1 is 1.53 bits per heavy atom. The van der Waals surface area contributed by atoms with Crippen molar-refractivity contribution in [1.82, 2.24) is 10.2 Å². The number of methoxy groups -OCH3 is 1. The maximum Gasteiger partial charge on any atom is 0.240 e. The predicted molar refractivity (Wildman–Crippen MR) is 65.9 cm³/mol. The normalized spacial score (nSPS) is 19.8. The number of rotatable bonds is 4. The summed E-state index contributed by atoms with van der Waals surface area (Å²) < 4.78 is 5.17. The standard InChI is InChI=1S/C13H18N2O2/c1-14-12-6-7-15(13(12)16)9-10-4-3-5-11(8-10)17-2/h3-5,8,12,14H,6-7,9H2,1-2H3. The fraction of sp³-hybridized carbons (Fsp3) is 0.462. The second kappa shape index (κ2) is 5.19. The van der Waals surface area contributed by atoms with Gasteiger partial charge in [0.1, 0.15) is 5.75 Å².